The highest BCUT2D eigenvalue weighted by Crippen LogP contribution is 2.21. The van der Waals surface area contributed by atoms with Crippen LogP contribution in [0.4, 0.5) is 10.5 Å². The van der Waals surface area contributed by atoms with E-state index < -0.39 is 0 Å². The van der Waals surface area contributed by atoms with Gasteiger partial charge in [-0.15, -0.1) is 11.3 Å². The number of carbonyl (C=O) groups is 1. The second kappa shape index (κ2) is 6.70. The van der Waals surface area contributed by atoms with E-state index in [9.17, 15) is 9.90 Å². The van der Waals surface area contributed by atoms with E-state index in [4.69, 9.17) is 0 Å². The van der Waals surface area contributed by atoms with E-state index in [1.54, 1.807) is 23.5 Å². The van der Waals surface area contributed by atoms with Crippen molar-refractivity contribution < 1.29 is 9.90 Å². The summed E-state index contributed by atoms with van der Waals surface area (Å²) in [5.41, 5.74) is 0.999. The van der Waals surface area contributed by atoms with Gasteiger partial charge in [0.05, 0.1) is 6.54 Å². The molecule has 5 nitrogen and oxygen atoms in total. The summed E-state index contributed by atoms with van der Waals surface area (Å²) in [6.45, 7) is 3.51. The van der Waals surface area contributed by atoms with Gasteiger partial charge in [0, 0.05) is 42.8 Å². The van der Waals surface area contributed by atoms with Crippen molar-refractivity contribution >= 4 is 23.1 Å². The molecule has 0 bridgehead atoms. The predicted molar refractivity (Wildman–Crippen MR) is 88.4 cm³/mol. The van der Waals surface area contributed by atoms with Crippen molar-refractivity contribution in [3.63, 3.8) is 0 Å². The van der Waals surface area contributed by atoms with Gasteiger partial charge in [0.1, 0.15) is 5.75 Å². The topological polar surface area (TPSA) is 55.8 Å². The van der Waals surface area contributed by atoms with Gasteiger partial charge >= 0.3 is 6.03 Å². The molecule has 6 heteroatoms. The summed E-state index contributed by atoms with van der Waals surface area (Å²) < 4.78 is 0. The molecule has 22 heavy (non-hydrogen) atoms. The minimum atomic E-state index is -0.0102. The van der Waals surface area contributed by atoms with Crippen molar-refractivity contribution in [2.45, 2.75) is 6.54 Å². The molecule has 0 saturated carbocycles. The maximum Gasteiger partial charge on any atom is 0.317 e. The standard InChI is InChI=1S/C16H19N3O2S/c20-14-4-1-3-13(11-14)18-6-8-19(9-7-18)16(21)17-12-15-5-2-10-22-15/h1-5,10-11,20H,6-9,12H2,(H,17,21). The smallest absolute Gasteiger partial charge is 0.317 e. The number of amides is 2. The van der Waals surface area contributed by atoms with Crippen LogP contribution in [-0.2, 0) is 6.54 Å². The number of carbonyl (C=O) groups excluding carboxylic acids is 1. The molecule has 0 unspecified atom stereocenters. The number of aromatic hydroxyl groups is 1. The number of anilines is 1. The fourth-order valence-corrected chi connectivity index (χ4v) is 3.19. The minimum Gasteiger partial charge on any atom is -0.508 e. The van der Waals surface area contributed by atoms with E-state index in [1.807, 2.05) is 34.5 Å². The Kier molecular flexibility index (Phi) is 4.48. The highest BCUT2D eigenvalue weighted by molar-refractivity contribution is 7.09. The van der Waals surface area contributed by atoms with Crippen molar-refractivity contribution in [3.05, 3.63) is 46.7 Å². The Morgan fingerprint density at radius 3 is 2.68 bits per heavy atom. The molecule has 2 heterocycles. The van der Waals surface area contributed by atoms with E-state index >= 15 is 0 Å². The second-order valence-electron chi connectivity index (χ2n) is 5.23. The minimum absolute atomic E-state index is 0.0102. The summed E-state index contributed by atoms with van der Waals surface area (Å²) in [5, 5.41) is 14.5. The van der Waals surface area contributed by atoms with Crippen molar-refractivity contribution in [2.24, 2.45) is 0 Å². The molecule has 0 atom stereocenters. The van der Waals surface area contributed by atoms with Crippen molar-refractivity contribution in [1.82, 2.24) is 10.2 Å². The number of benzene rings is 1. The first-order valence-electron chi connectivity index (χ1n) is 7.31. The molecule has 0 spiro atoms. The zero-order valence-corrected chi connectivity index (χ0v) is 13.1. The average molecular weight is 317 g/mol. The Morgan fingerprint density at radius 1 is 1.18 bits per heavy atom. The van der Waals surface area contributed by atoms with Gasteiger partial charge in [0.2, 0.25) is 0 Å². The first-order valence-corrected chi connectivity index (χ1v) is 8.19. The van der Waals surface area contributed by atoms with Crippen LogP contribution in [0.2, 0.25) is 0 Å². The molecule has 1 aliphatic rings. The number of hydrogen-bond donors (Lipinski definition) is 2. The van der Waals surface area contributed by atoms with Crippen LogP contribution in [0.25, 0.3) is 0 Å². The van der Waals surface area contributed by atoms with Gasteiger partial charge < -0.3 is 20.2 Å². The monoisotopic (exact) mass is 317 g/mol. The van der Waals surface area contributed by atoms with Crippen LogP contribution in [0.3, 0.4) is 0 Å². The fourth-order valence-electron chi connectivity index (χ4n) is 2.55. The maximum absolute atomic E-state index is 12.2. The van der Waals surface area contributed by atoms with Gasteiger partial charge in [-0.05, 0) is 23.6 Å². The number of nitrogens with zero attached hydrogens (tertiary/aromatic N) is 2. The van der Waals surface area contributed by atoms with E-state index in [0.717, 1.165) is 23.7 Å². The zero-order chi connectivity index (χ0) is 15.4. The molecule has 1 aromatic heterocycles. The van der Waals surface area contributed by atoms with Gasteiger partial charge in [0.15, 0.2) is 0 Å². The number of hydrogen-bond acceptors (Lipinski definition) is 4. The summed E-state index contributed by atoms with van der Waals surface area (Å²) in [6.07, 6.45) is 0. The third kappa shape index (κ3) is 3.51. The van der Waals surface area contributed by atoms with Crippen LogP contribution in [0.1, 0.15) is 4.88 Å². The molecule has 3 rings (SSSR count). The van der Waals surface area contributed by atoms with Crippen LogP contribution in [0.5, 0.6) is 5.75 Å². The molecule has 1 aliphatic heterocycles. The Morgan fingerprint density at radius 2 is 2.00 bits per heavy atom. The lowest BCUT2D eigenvalue weighted by atomic mass is 10.2. The van der Waals surface area contributed by atoms with Gasteiger partial charge in [-0.25, -0.2) is 4.79 Å². The van der Waals surface area contributed by atoms with Gasteiger partial charge in [-0.3, -0.25) is 0 Å². The average Bonchev–Trinajstić information content (AvgIpc) is 3.06. The predicted octanol–water partition coefficient (Wildman–Crippen LogP) is 2.49. The first kappa shape index (κ1) is 14.7. The summed E-state index contributed by atoms with van der Waals surface area (Å²) in [4.78, 5) is 17.3. The quantitative estimate of drug-likeness (QED) is 0.914. The number of nitrogens with one attached hydrogen (secondary N) is 1. The third-order valence-electron chi connectivity index (χ3n) is 3.76. The SMILES string of the molecule is O=C(NCc1cccs1)N1CCN(c2cccc(O)c2)CC1. The van der Waals surface area contributed by atoms with Crippen molar-refractivity contribution in [3.8, 4) is 5.75 Å². The molecule has 1 fully saturated rings. The van der Waals surface area contributed by atoms with E-state index in [-0.39, 0.29) is 11.8 Å². The lowest BCUT2D eigenvalue weighted by Gasteiger charge is -2.36. The van der Waals surface area contributed by atoms with Crippen molar-refractivity contribution in [2.75, 3.05) is 31.1 Å². The molecular formula is C16H19N3O2S. The summed E-state index contributed by atoms with van der Waals surface area (Å²) in [7, 11) is 0. The Bertz CT molecular complexity index is 622. The molecule has 2 aromatic rings. The van der Waals surface area contributed by atoms with Crippen LogP contribution < -0.4 is 10.2 Å². The van der Waals surface area contributed by atoms with Crippen LogP contribution in [0, 0.1) is 0 Å². The van der Waals surface area contributed by atoms with Gasteiger partial charge in [-0.1, -0.05) is 12.1 Å². The summed E-state index contributed by atoms with van der Waals surface area (Å²) >= 11 is 1.65. The molecule has 1 aromatic carbocycles. The lowest BCUT2D eigenvalue weighted by Crippen LogP contribution is -2.51. The molecule has 2 amide bonds. The number of thiophene rings is 1. The Balaban J connectivity index is 1.49. The largest absolute Gasteiger partial charge is 0.508 e. The van der Waals surface area contributed by atoms with Crippen LogP contribution >= 0.6 is 11.3 Å². The fraction of sp³-hybridized carbons (Fsp3) is 0.312. The number of urea groups is 1. The second-order valence-corrected chi connectivity index (χ2v) is 6.26. The summed E-state index contributed by atoms with van der Waals surface area (Å²) in [6, 6.07) is 11.2. The van der Waals surface area contributed by atoms with Crippen LogP contribution in [-0.4, -0.2) is 42.2 Å². The zero-order valence-electron chi connectivity index (χ0n) is 12.2. The number of phenolic OH excluding ortho intramolecular Hbond substituents is 1. The molecule has 0 aliphatic carbocycles. The molecule has 116 valence electrons. The van der Waals surface area contributed by atoms with E-state index in [0.29, 0.717) is 19.6 Å². The lowest BCUT2D eigenvalue weighted by molar-refractivity contribution is 0.194. The van der Waals surface area contributed by atoms with E-state index in [1.165, 1.54) is 0 Å². The highest BCUT2D eigenvalue weighted by atomic mass is 32.1. The molecule has 1 saturated heterocycles. The third-order valence-corrected chi connectivity index (χ3v) is 4.63. The maximum atomic E-state index is 12.2. The highest BCUT2D eigenvalue weighted by Gasteiger charge is 2.21. The first-order chi connectivity index (χ1) is 10.7. The van der Waals surface area contributed by atoms with E-state index in [2.05, 4.69) is 10.2 Å². The van der Waals surface area contributed by atoms with Crippen molar-refractivity contribution in [1.29, 1.82) is 0 Å². The number of phenols is 1. The Labute approximate surface area is 133 Å². The summed E-state index contributed by atoms with van der Waals surface area (Å²) in [5.74, 6) is 0.272. The Hall–Kier alpha value is -2.21. The normalized spacial score (nSPS) is 14.9. The molecular weight excluding hydrogens is 298 g/mol. The number of piperazine rings is 1. The number of rotatable bonds is 3. The molecule has 2 N–H and O–H groups in total. The van der Waals surface area contributed by atoms with Gasteiger partial charge in [-0.2, -0.15) is 0 Å². The van der Waals surface area contributed by atoms with Crippen LogP contribution in [0.15, 0.2) is 41.8 Å². The van der Waals surface area contributed by atoms with Gasteiger partial charge in [0.25, 0.3) is 0 Å². The molecule has 0 radical (unpaired) electrons.